The van der Waals surface area contributed by atoms with E-state index in [2.05, 4.69) is 130 Å². The summed E-state index contributed by atoms with van der Waals surface area (Å²) in [6, 6.07) is 39.3. The maximum absolute atomic E-state index is 5.12. The molecule has 168 valence electrons. The van der Waals surface area contributed by atoms with Crippen molar-refractivity contribution >= 4 is 21.7 Å². The van der Waals surface area contributed by atoms with Gasteiger partial charge in [-0.05, 0) is 94.8 Å². The van der Waals surface area contributed by atoms with Crippen LogP contribution in [0.25, 0.3) is 55.2 Å². The molecule has 1 heteroatoms. The zero-order valence-electron chi connectivity index (χ0n) is 20.3. The summed E-state index contributed by atoms with van der Waals surface area (Å²) in [5.74, 6) is 0. The van der Waals surface area contributed by atoms with Crippen molar-refractivity contribution in [3.8, 4) is 33.5 Å². The van der Waals surface area contributed by atoms with Gasteiger partial charge in [0.25, 0.3) is 0 Å². The molecule has 0 amide bonds. The van der Waals surface area contributed by atoms with Crippen LogP contribution in [0.5, 0.6) is 0 Å². The van der Waals surface area contributed by atoms with E-state index in [1.807, 2.05) is 0 Å². The van der Waals surface area contributed by atoms with Gasteiger partial charge in [-0.2, -0.15) is 0 Å². The molecule has 0 aliphatic rings. The van der Waals surface area contributed by atoms with Gasteiger partial charge in [0.2, 0.25) is 0 Å². The monoisotopic (exact) mass is 449 g/mol. The van der Waals surface area contributed by atoms with Crippen LogP contribution in [0, 0.1) is 20.8 Å². The van der Waals surface area contributed by atoms with Crippen molar-refractivity contribution in [2.45, 2.75) is 20.8 Å². The number of hydrogen-bond donors (Lipinski definition) is 0. The minimum Gasteiger partial charge on any atom is -0.248 e. The number of nitrogens with zero attached hydrogens (tertiary/aromatic N) is 1. The third-order valence-electron chi connectivity index (χ3n) is 6.91. The lowest BCUT2D eigenvalue weighted by Gasteiger charge is -2.14. The first-order chi connectivity index (χ1) is 17.1. The molecule has 1 nitrogen and oxygen atoms in total. The molecule has 0 atom stereocenters. The highest BCUT2D eigenvalue weighted by atomic mass is 14.7. The lowest BCUT2D eigenvalue weighted by Crippen LogP contribution is -1.93. The molecule has 0 unspecified atom stereocenters. The Bertz CT molecular complexity index is 1690. The molecule has 1 heterocycles. The summed E-state index contributed by atoms with van der Waals surface area (Å²) in [6.45, 7) is 6.51. The molecule has 0 N–H and O–H groups in total. The number of aromatic nitrogens is 1. The summed E-state index contributed by atoms with van der Waals surface area (Å²) in [5, 5.41) is 3.75. The number of aryl methyl sites for hydroxylation is 3. The van der Waals surface area contributed by atoms with Gasteiger partial charge < -0.3 is 0 Å². The van der Waals surface area contributed by atoms with E-state index >= 15 is 0 Å². The van der Waals surface area contributed by atoms with E-state index in [1.165, 1.54) is 55.1 Å². The van der Waals surface area contributed by atoms with Crippen molar-refractivity contribution in [3.63, 3.8) is 0 Å². The van der Waals surface area contributed by atoms with E-state index in [9.17, 15) is 0 Å². The number of pyridine rings is 1. The molecule has 0 aliphatic heterocycles. The van der Waals surface area contributed by atoms with Gasteiger partial charge in [-0.1, -0.05) is 84.9 Å². The fraction of sp³-hybridized carbons (Fsp3) is 0.0882. The zero-order chi connectivity index (χ0) is 23.9. The first kappa shape index (κ1) is 21.3. The number of hydrogen-bond acceptors (Lipinski definition) is 1. The summed E-state index contributed by atoms with van der Waals surface area (Å²) < 4.78 is 0. The summed E-state index contributed by atoms with van der Waals surface area (Å²) >= 11 is 0. The summed E-state index contributed by atoms with van der Waals surface area (Å²) in [7, 11) is 0. The van der Waals surface area contributed by atoms with E-state index in [4.69, 9.17) is 4.98 Å². The second-order valence-electron chi connectivity index (χ2n) is 9.49. The van der Waals surface area contributed by atoms with Gasteiger partial charge in [0.05, 0.1) is 11.2 Å². The Morgan fingerprint density at radius 1 is 0.514 bits per heavy atom. The van der Waals surface area contributed by atoms with Crippen LogP contribution in [0.1, 0.15) is 16.7 Å². The minimum atomic E-state index is 1.02. The van der Waals surface area contributed by atoms with Crippen molar-refractivity contribution in [2.24, 2.45) is 0 Å². The van der Waals surface area contributed by atoms with Crippen LogP contribution in [0.3, 0.4) is 0 Å². The van der Waals surface area contributed by atoms with Gasteiger partial charge >= 0.3 is 0 Å². The Hall–Kier alpha value is -4.23. The first-order valence-electron chi connectivity index (χ1n) is 12.1. The van der Waals surface area contributed by atoms with E-state index in [-0.39, 0.29) is 0 Å². The van der Waals surface area contributed by atoms with E-state index in [0.29, 0.717) is 0 Å². The lowest BCUT2D eigenvalue weighted by molar-refractivity contribution is 1.32. The smallest absolute Gasteiger partial charge is 0.0717 e. The molecule has 0 saturated heterocycles. The Kier molecular flexibility index (Phi) is 5.19. The highest BCUT2D eigenvalue weighted by Crippen LogP contribution is 2.36. The first-order valence-corrected chi connectivity index (χ1v) is 12.1. The van der Waals surface area contributed by atoms with Crippen molar-refractivity contribution in [2.75, 3.05) is 0 Å². The molecule has 35 heavy (non-hydrogen) atoms. The van der Waals surface area contributed by atoms with Gasteiger partial charge in [-0.3, -0.25) is 0 Å². The summed E-state index contributed by atoms with van der Waals surface area (Å²) in [4.78, 5) is 5.12. The van der Waals surface area contributed by atoms with Crippen LogP contribution in [0.15, 0.2) is 109 Å². The van der Waals surface area contributed by atoms with Crippen LogP contribution in [-0.2, 0) is 0 Å². The SMILES string of the molecule is Cc1cc(C)c2c(C)cc(-c3cc(-c4ccc(-c5ccccc5)cc4)c4ccccc4c3)nc2c1. The molecular formula is C34H27N. The molecule has 6 aromatic rings. The highest BCUT2D eigenvalue weighted by Gasteiger charge is 2.12. The minimum absolute atomic E-state index is 1.02. The van der Waals surface area contributed by atoms with E-state index in [1.54, 1.807) is 0 Å². The molecule has 0 radical (unpaired) electrons. The van der Waals surface area contributed by atoms with Crippen LogP contribution in [0.4, 0.5) is 0 Å². The molecule has 0 saturated carbocycles. The quantitative estimate of drug-likeness (QED) is 0.262. The second-order valence-corrected chi connectivity index (χ2v) is 9.49. The third-order valence-corrected chi connectivity index (χ3v) is 6.91. The van der Waals surface area contributed by atoms with Gasteiger partial charge in [0, 0.05) is 10.9 Å². The average molecular weight is 450 g/mol. The van der Waals surface area contributed by atoms with Crippen LogP contribution in [0.2, 0.25) is 0 Å². The standard InChI is InChI=1S/C34H27N/c1-22-17-23(2)34-24(3)19-32(35-33(34)18-22)29-20-28-11-7-8-12-30(28)31(21-29)27-15-13-26(14-16-27)25-9-5-4-6-10-25/h4-21H,1-3H3. The Labute approximate surface area is 206 Å². The van der Waals surface area contributed by atoms with Crippen molar-refractivity contribution in [1.29, 1.82) is 0 Å². The maximum Gasteiger partial charge on any atom is 0.0717 e. The Balaban J connectivity index is 1.52. The third kappa shape index (κ3) is 3.90. The van der Waals surface area contributed by atoms with Gasteiger partial charge in [0.15, 0.2) is 0 Å². The second kappa shape index (κ2) is 8.52. The molecule has 1 aromatic heterocycles. The Morgan fingerprint density at radius 3 is 1.97 bits per heavy atom. The fourth-order valence-corrected chi connectivity index (χ4v) is 5.30. The summed E-state index contributed by atoms with van der Waals surface area (Å²) in [5.41, 5.74) is 12.0. The van der Waals surface area contributed by atoms with Crippen molar-refractivity contribution < 1.29 is 0 Å². The average Bonchev–Trinajstić information content (AvgIpc) is 2.88. The van der Waals surface area contributed by atoms with Gasteiger partial charge in [-0.15, -0.1) is 0 Å². The Morgan fingerprint density at radius 2 is 1.17 bits per heavy atom. The topological polar surface area (TPSA) is 12.9 Å². The normalized spacial score (nSPS) is 11.3. The molecule has 0 bridgehead atoms. The summed E-state index contributed by atoms with van der Waals surface area (Å²) in [6.07, 6.45) is 0. The number of benzene rings is 5. The number of fused-ring (bicyclic) bond motifs is 2. The van der Waals surface area contributed by atoms with Crippen LogP contribution >= 0.6 is 0 Å². The molecule has 6 rings (SSSR count). The maximum atomic E-state index is 5.12. The fourth-order valence-electron chi connectivity index (χ4n) is 5.30. The molecule has 5 aromatic carbocycles. The van der Waals surface area contributed by atoms with Crippen LogP contribution < -0.4 is 0 Å². The highest BCUT2D eigenvalue weighted by molar-refractivity contribution is 6.00. The van der Waals surface area contributed by atoms with Crippen LogP contribution in [-0.4, -0.2) is 4.98 Å². The lowest BCUT2D eigenvalue weighted by atomic mass is 9.92. The van der Waals surface area contributed by atoms with E-state index < -0.39 is 0 Å². The van der Waals surface area contributed by atoms with E-state index in [0.717, 1.165) is 16.8 Å². The zero-order valence-corrected chi connectivity index (χ0v) is 20.3. The molecule has 0 aliphatic carbocycles. The molecule has 0 fully saturated rings. The largest absolute Gasteiger partial charge is 0.248 e. The molecular weight excluding hydrogens is 422 g/mol. The number of rotatable bonds is 3. The predicted molar refractivity (Wildman–Crippen MR) is 150 cm³/mol. The molecule has 0 spiro atoms. The van der Waals surface area contributed by atoms with Crippen molar-refractivity contribution in [1.82, 2.24) is 4.98 Å². The predicted octanol–water partition coefficient (Wildman–Crippen LogP) is 9.31. The van der Waals surface area contributed by atoms with Crippen molar-refractivity contribution in [3.05, 3.63) is 126 Å². The van der Waals surface area contributed by atoms with Gasteiger partial charge in [-0.25, -0.2) is 4.98 Å². The van der Waals surface area contributed by atoms with Gasteiger partial charge in [0.1, 0.15) is 0 Å².